The maximum atomic E-state index is 12.9. The zero-order valence-corrected chi connectivity index (χ0v) is 7.93. The molecule has 0 saturated heterocycles. The van der Waals surface area contributed by atoms with Gasteiger partial charge >= 0.3 is 5.97 Å². The van der Waals surface area contributed by atoms with Gasteiger partial charge in [-0.05, 0) is 6.07 Å². The summed E-state index contributed by atoms with van der Waals surface area (Å²) in [6, 6.07) is 0.694. The van der Waals surface area contributed by atoms with Crippen molar-refractivity contribution < 1.29 is 23.1 Å². The highest BCUT2D eigenvalue weighted by molar-refractivity contribution is 6.29. The molecule has 0 aliphatic rings. The third-order valence-electron chi connectivity index (χ3n) is 1.57. The summed E-state index contributed by atoms with van der Waals surface area (Å²) in [7, 11) is 0. The Balaban J connectivity index is 3.17. The SMILES string of the molecule is O=C(O)Cc1cc(C(F)F)c(F)c(Cl)n1. The Bertz CT molecular complexity index is 398. The Morgan fingerprint density at radius 2 is 2.20 bits per heavy atom. The van der Waals surface area contributed by atoms with Gasteiger partial charge in [-0.15, -0.1) is 0 Å². The van der Waals surface area contributed by atoms with Crippen molar-refractivity contribution in [2.24, 2.45) is 0 Å². The summed E-state index contributed by atoms with van der Waals surface area (Å²) in [5.74, 6) is -2.58. The largest absolute Gasteiger partial charge is 0.481 e. The first kappa shape index (κ1) is 11.8. The van der Waals surface area contributed by atoms with Gasteiger partial charge in [0.05, 0.1) is 17.7 Å². The Morgan fingerprint density at radius 3 is 2.67 bits per heavy atom. The quantitative estimate of drug-likeness (QED) is 0.824. The lowest BCUT2D eigenvalue weighted by Gasteiger charge is -2.05. The van der Waals surface area contributed by atoms with Crippen molar-refractivity contribution in [2.45, 2.75) is 12.8 Å². The van der Waals surface area contributed by atoms with Crippen molar-refractivity contribution in [1.29, 1.82) is 0 Å². The van der Waals surface area contributed by atoms with Gasteiger partial charge in [-0.1, -0.05) is 11.6 Å². The lowest BCUT2D eigenvalue weighted by molar-refractivity contribution is -0.136. The molecule has 1 aromatic heterocycles. The molecule has 0 saturated carbocycles. The van der Waals surface area contributed by atoms with Gasteiger partial charge in [-0.3, -0.25) is 4.79 Å². The topological polar surface area (TPSA) is 50.2 Å². The van der Waals surface area contributed by atoms with E-state index in [1.54, 1.807) is 0 Å². The van der Waals surface area contributed by atoms with Crippen LogP contribution in [0.15, 0.2) is 6.07 Å². The standard InChI is InChI=1S/C8H5ClF3NO2/c9-7-6(10)4(8(11)12)1-3(13-7)2-5(14)15/h1,8H,2H2,(H,14,15). The van der Waals surface area contributed by atoms with E-state index in [1.807, 2.05) is 0 Å². The average Bonchev–Trinajstić information content (AvgIpc) is 2.09. The number of aromatic nitrogens is 1. The molecular weight excluding hydrogens is 235 g/mol. The molecule has 0 amide bonds. The molecule has 82 valence electrons. The van der Waals surface area contributed by atoms with Crippen LogP contribution in [-0.4, -0.2) is 16.1 Å². The van der Waals surface area contributed by atoms with Gasteiger partial charge in [-0.2, -0.15) is 0 Å². The molecule has 0 aliphatic carbocycles. The molecule has 7 heteroatoms. The fraction of sp³-hybridized carbons (Fsp3) is 0.250. The number of halogens is 4. The minimum atomic E-state index is -3.06. The number of aliphatic carboxylic acids is 1. The first-order valence-electron chi connectivity index (χ1n) is 3.76. The molecule has 1 heterocycles. The van der Waals surface area contributed by atoms with Gasteiger partial charge in [0.25, 0.3) is 6.43 Å². The van der Waals surface area contributed by atoms with Crippen molar-refractivity contribution in [3.05, 3.63) is 28.3 Å². The highest BCUT2D eigenvalue weighted by atomic mass is 35.5. The Labute approximate surface area is 87.5 Å². The molecule has 1 aromatic rings. The van der Waals surface area contributed by atoms with Gasteiger partial charge in [0.15, 0.2) is 11.0 Å². The van der Waals surface area contributed by atoms with Crippen LogP contribution in [0.5, 0.6) is 0 Å². The summed E-state index contributed by atoms with van der Waals surface area (Å²) in [6.45, 7) is 0. The number of carbonyl (C=O) groups is 1. The van der Waals surface area contributed by atoms with Gasteiger partial charge in [0.2, 0.25) is 0 Å². The molecule has 1 rings (SSSR count). The second-order valence-corrected chi connectivity index (χ2v) is 3.04. The lowest BCUT2D eigenvalue weighted by Crippen LogP contribution is -2.05. The fourth-order valence-corrected chi connectivity index (χ4v) is 1.19. The fourth-order valence-electron chi connectivity index (χ4n) is 0.974. The normalized spacial score (nSPS) is 10.7. The van der Waals surface area contributed by atoms with Crippen LogP contribution in [0, 0.1) is 5.82 Å². The van der Waals surface area contributed by atoms with E-state index >= 15 is 0 Å². The smallest absolute Gasteiger partial charge is 0.309 e. The lowest BCUT2D eigenvalue weighted by atomic mass is 10.2. The minimum absolute atomic E-state index is 0.204. The number of carboxylic acids is 1. The van der Waals surface area contributed by atoms with E-state index in [4.69, 9.17) is 16.7 Å². The molecule has 0 unspecified atom stereocenters. The van der Waals surface area contributed by atoms with Gasteiger partial charge in [-0.25, -0.2) is 18.2 Å². The summed E-state index contributed by atoms with van der Waals surface area (Å²) in [6.07, 6.45) is -3.64. The number of pyridine rings is 1. The average molecular weight is 240 g/mol. The highest BCUT2D eigenvalue weighted by Crippen LogP contribution is 2.26. The molecule has 0 aromatic carbocycles. The third-order valence-corrected chi connectivity index (χ3v) is 1.82. The molecule has 0 aliphatic heterocycles. The van der Waals surface area contributed by atoms with Crippen LogP contribution in [0.25, 0.3) is 0 Å². The Kier molecular flexibility index (Phi) is 3.52. The second kappa shape index (κ2) is 4.48. The third kappa shape index (κ3) is 2.82. The first-order valence-corrected chi connectivity index (χ1v) is 4.14. The number of alkyl halides is 2. The monoisotopic (exact) mass is 239 g/mol. The van der Waals surface area contributed by atoms with Gasteiger partial charge in [0, 0.05) is 0 Å². The van der Waals surface area contributed by atoms with E-state index in [0.717, 1.165) is 0 Å². The number of hydrogen-bond donors (Lipinski definition) is 1. The summed E-state index contributed by atoms with van der Waals surface area (Å²) in [5, 5.41) is 7.65. The summed E-state index contributed by atoms with van der Waals surface area (Å²) in [5.41, 5.74) is -1.14. The predicted molar refractivity (Wildman–Crippen MR) is 45.5 cm³/mol. The second-order valence-electron chi connectivity index (χ2n) is 2.68. The molecule has 0 radical (unpaired) electrons. The summed E-state index contributed by atoms with van der Waals surface area (Å²) >= 11 is 5.23. The van der Waals surface area contributed by atoms with Crippen molar-refractivity contribution in [2.75, 3.05) is 0 Å². The van der Waals surface area contributed by atoms with Crippen molar-refractivity contribution in [1.82, 2.24) is 4.98 Å². The number of hydrogen-bond acceptors (Lipinski definition) is 2. The van der Waals surface area contributed by atoms with E-state index in [1.165, 1.54) is 0 Å². The van der Waals surface area contributed by atoms with E-state index in [-0.39, 0.29) is 5.69 Å². The minimum Gasteiger partial charge on any atom is -0.481 e. The van der Waals surface area contributed by atoms with Gasteiger partial charge < -0.3 is 5.11 Å². The molecule has 15 heavy (non-hydrogen) atoms. The number of rotatable bonds is 3. The van der Waals surface area contributed by atoms with E-state index in [0.29, 0.717) is 6.07 Å². The maximum absolute atomic E-state index is 12.9. The summed E-state index contributed by atoms with van der Waals surface area (Å²) < 4.78 is 37.5. The Hall–Kier alpha value is -1.30. The molecule has 1 N–H and O–H groups in total. The van der Waals surface area contributed by atoms with Crippen LogP contribution in [-0.2, 0) is 11.2 Å². The zero-order chi connectivity index (χ0) is 11.6. The highest BCUT2D eigenvalue weighted by Gasteiger charge is 2.19. The van der Waals surface area contributed by atoms with Crippen LogP contribution in [0.1, 0.15) is 17.7 Å². The van der Waals surface area contributed by atoms with E-state index in [2.05, 4.69) is 4.98 Å². The molecule has 0 fully saturated rings. The first-order chi connectivity index (χ1) is 6.91. The molecular formula is C8H5ClF3NO2. The zero-order valence-electron chi connectivity index (χ0n) is 7.18. The van der Waals surface area contributed by atoms with Crippen LogP contribution in [0.4, 0.5) is 13.2 Å². The van der Waals surface area contributed by atoms with Crippen LogP contribution < -0.4 is 0 Å². The maximum Gasteiger partial charge on any atom is 0.309 e. The van der Waals surface area contributed by atoms with Crippen molar-refractivity contribution in [3.8, 4) is 0 Å². The number of nitrogens with zero attached hydrogens (tertiary/aromatic N) is 1. The van der Waals surface area contributed by atoms with Crippen LogP contribution in [0.3, 0.4) is 0 Å². The molecule has 3 nitrogen and oxygen atoms in total. The predicted octanol–water partition coefficient (Wildman–Crippen LogP) is 2.44. The van der Waals surface area contributed by atoms with Crippen LogP contribution in [0.2, 0.25) is 5.15 Å². The van der Waals surface area contributed by atoms with Gasteiger partial charge in [0.1, 0.15) is 0 Å². The van der Waals surface area contributed by atoms with E-state index < -0.39 is 35.3 Å². The van der Waals surface area contributed by atoms with Crippen LogP contribution >= 0.6 is 11.6 Å². The number of carboxylic acid groups (broad SMARTS) is 1. The van der Waals surface area contributed by atoms with Crippen molar-refractivity contribution in [3.63, 3.8) is 0 Å². The molecule has 0 spiro atoms. The summed E-state index contributed by atoms with van der Waals surface area (Å²) in [4.78, 5) is 13.6. The Morgan fingerprint density at radius 1 is 1.60 bits per heavy atom. The van der Waals surface area contributed by atoms with E-state index in [9.17, 15) is 18.0 Å². The molecule has 0 bridgehead atoms. The molecule has 0 atom stereocenters. The van der Waals surface area contributed by atoms with Crippen molar-refractivity contribution >= 4 is 17.6 Å².